The number of aryl methyl sites for hydroxylation is 2. The smallest absolute Gasteiger partial charge is 0.411 e. The van der Waals surface area contributed by atoms with Crippen LogP contribution in [0.3, 0.4) is 0 Å². The second kappa shape index (κ2) is 18.3. The minimum atomic E-state index is -0.346. The number of rotatable bonds is 18. The van der Waals surface area contributed by atoms with Crippen molar-refractivity contribution in [1.29, 1.82) is 0 Å². The van der Waals surface area contributed by atoms with Crippen LogP contribution in [-0.2, 0) is 4.74 Å². The number of amides is 1. The summed E-state index contributed by atoms with van der Waals surface area (Å²) in [6.45, 7) is 6.85. The number of ether oxygens (including phenoxy) is 1. The van der Waals surface area contributed by atoms with Crippen molar-refractivity contribution in [1.82, 2.24) is 0 Å². The topological polar surface area (TPSA) is 38.3 Å². The molecule has 0 radical (unpaired) electrons. The molecular formula is C27H47NO2. The molecule has 0 saturated heterocycles. The maximum absolute atomic E-state index is 11.9. The van der Waals surface area contributed by atoms with Crippen molar-refractivity contribution < 1.29 is 9.53 Å². The van der Waals surface area contributed by atoms with E-state index in [0.29, 0.717) is 6.61 Å². The second-order valence-corrected chi connectivity index (χ2v) is 8.94. The van der Waals surface area contributed by atoms with Gasteiger partial charge >= 0.3 is 6.09 Å². The van der Waals surface area contributed by atoms with Gasteiger partial charge in [0.1, 0.15) is 0 Å². The molecule has 3 nitrogen and oxygen atoms in total. The molecule has 0 unspecified atom stereocenters. The van der Waals surface area contributed by atoms with Gasteiger partial charge in [-0.2, -0.15) is 0 Å². The van der Waals surface area contributed by atoms with Crippen molar-refractivity contribution in [2.75, 3.05) is 11.9 Å². The minimum absolute atomic E-state index is 0.346. The van der Waals surface area contributed by atoms with Crippen LogP contribution in [0.15, 0.2) is 18.2 Å². The van der Waals surface area contributed by atoms with E-state index >= 15 is 0 Å². The monoisotopic (exact) mass is 417 g/mol. The van der Waals surface area contributed by atoms with Crippen molar-refractivity contribution >= 4 is 11.8 Å². The molecule has 1 amide bonds. The van der Waals surface area contributed by atoms with Crippen molar-refractivity contribution in [3.63, 3.8) is 0 Å². The molecule has 0 bridgehead atoms. The average Bonchev–Trinajstić information content (AvgIpc) is 2.69. The van der Waals surface area contributed by atoms with E-state index in [1.807, 2.05) is 26.0 Å². The molecule has 0 fully saturated rings. The third-order valence-electron chi connectivity index (χ3n) is 5.70. The highest BCUT2D eigenvalue weighted by molar-refractivity contribution is 5.84. The first-order valence-corrected chi connectivity index (χ1v) is 12.6. The first kappa shape index (κ1) is 26.5. The van der Waals surface area contributed by atoms with Crippen LogP contribution >= 0.6 is 0 Å². The number of anilines is 1. The van der Waals surface area contributed by atoms with Gasteiger partial charge in [-0.25, -0.2) is 4.79 Å². The molecule has 30 heavy (non-hydrogen) atoms. The van der Waals surface area contributed by atoms with E-state index in [2.05, 4.69) is 18.3 Å². The van der Waals surface area contributed by atoms with Gasteiger partial charge in [0.15, 0.2) is 0 Å². The molecule has 0 atom stereocenters. The van der Waals surface area contributed by atoms with Crippen molar-refractivity contribution in [3.05, 3.63) is 29.3 Å². The molecule has 1 aromatic carbocycles. The Labute approximate surface area is 186 Å². The summed E-state index contributed by atoms with van der Waals surface area (Å²) in [4.78, 5) is 11.9. The van der Waals surface area contributed by atoms with Crippen molar-refractivity contribution in [3.8, 4) is 0 Å². The molecule has 172 valence electrons. The molecule has 1 aromatic rings. The Morgan fingerprint density at radius 3 is 1.50 bits per heavy atom. The van der Waals surface area contributed by atoms with E-state index in [0.717, 1.165) is 29.7 Å². The standard InChI is InChI=1S/C27H47NO2/c1-4-5-6-7-8-9-10-11-12-13-14-15-16-17-18-19-20-30-27(29)28-26-22-24(2)21-25(3)23-26/h21-23H,4-20H2,1-3H3,(H,28,29). The summed E-state index contributed by atoms with van der Waals surface area (Å²) in [5.41, 5.74) is 3.09. The fourth-order valence-corrected chi connectivity index (χ4v) is 4.02. The molecule has 1 N–H and O–H groups in total. The Morgan fingerprint density at radius 2 is 1.07 bits per heavy atom. The molecular weight excluding hydrogens is 370 g/mol. The van der Waals surface area contributed by atoms with Gasteiger partial charge in [0.25, 0.3) is 0 Å². The molecule has 0 aliphatic carbocycles. The molecule has 0 spiro atoms. The number of carbonyl (C=O) groups excluding carboxylic acids is 1. The largest absolute Gasteiger partial charge is 0.449 e. The Balaban J connectivity index is 1.82. The Morgan fingerprint density at radius 1 is 0.667 bits per heavy atom. The van der Waals surface area contributed by atoms with Gasteiger partial charge in [0.2, 0.25) is 0 Å². The van der Waals surface area contributed by atoms with Crippen LogP contribution in [0.4, 0.5) is 10.5 Å². The highest BCUT2D eigenvalue weighted by atomic mass is 16.5. The van der Waals surface area contributed by atoms with Crippen molar-refractivity contribution in [2.45, 2.75) is 124 Å². The molecule has 0 aromatic heterocycles. The van der Waals surface area contributed by atoms with Crippen LogP contribution in [0.5, 0.6) is 0 Å². The number of carbonyl (C=O) groups is 1. The highest BCUT2D eigenvalue weighted by Crippen LogP contribution is 2.15. The number of benzene rings is 1. The summed E-state index contributed by atoms with van der Waals surface area (Å²) < 4.78 is 5.29. The fraction of sp³-hybridized carbons (Fsp3) is 0.741. The van der Waals surface area contributed by atoms with Crippen LogP contribution in [-0.4, -0.2) is 12.7 Å². The molecule has 1 rings (SSSR count). The van der Waals surface area contributed by atoms with Crippen LogP contribution in [0.25, 0.3) is 0 Å². The van der Waals surface area contributed by atoms with Crippen LogP contribution in [0.2, 0.25) is 0 Å². The molecule has 0 saturated carbocycles. The highest BCUT2D eigenvalue weighted by Gasteiger charge is 2.04. The lowest BCUT2D eigenvalue weighted by Crippen LogP contribution is -2.14. The first-order chi connectivity index (χ1) is 14.6. The lowest BCUT2D eigenvalue weighted by Gasteiger charge is -2.08. The Bertz CT molecular complexity index is 536. The zero-order valence-electron chi connectivity index (χ0n) is 20.1. The Kier molecular flexibility index (Phi) is 16.2. The molecule has 0 heterocycles. The summed E-state index contributed by atoms with van der Waals surface area (Å²) in [6.07, 6.45) is 21.2. The molecule has 3 heteroatoms. The maximum atomic E-state index is 11.9. The lowest BCUT2D eigenvalue weighted by molar-refractivity contribution is 0.159. The van der Waals surface area contributed by atoms with E-state index in [4.69, 9.17) is 4.74 Å². The van der Waals surface area contributed by atoms with Gasteiger partial charge in [-0.05, 0) is 43.5 Å². The van der Waals surface area contributed by atoms with Gasteiger partial charge in [-0.1, -0.05) is 109 Å². The van der Waals surface area contributed by atoms with E-state index in [-0.39, 0.29) is 6.09 Å². The number of hydrogen-bond donors (Lipinski definition) is 1. The predicted octanol–water partition coefficient (Wildman–Crippen LogP) is 9.11. The summed E-state index contributed by atoms with van der Waals surface area (Å²) >= 11 is 0. The van der Waals surface area contributed by atoms with E-state index in [9.17, 15) is 4.79 Å². The number of unbranched alkanes of at least 4 members (excludes halogenated alkanes) is 15. The number of hydrogen-bond acceptors (Lipinski definition) is 2. The maximum Gasteiger partial charge on any atom is 0.411 e. The summed E-state index contributed by atoms with van der Waals surface area (Å²) in [6, 6.07) is 6.01. The molecule has 0 aliphatic rings. The van der Waals surface area contributed by atoms with Crippen LogP contribution in [0, 0.1) is 13.8 Å². The minimum Gasteiger partial charge on any atom is -0.449 e. The van der Waals surface area contributed by atoms with E-state index in [1.165, 1.54) is 89.9 Å². The van der Waals surface area contributed by atoms with Gasteiger partial charge < -0.3 is 4.74 Å². The van der Waals surface area contributed by atoms with Gasteiger partial charge in [0, 0.05) is 5.69 Å². The summed E-state index contributed by atoms with van der Waals surface area (Å²) in [7, 11) is 0. The van der Waals surface area contributed by atoms with Crippen LogP contribution < -0.4 is 5.32 Å². The van der Waals surface area contributed by atoms with E-state index < -0.39 is 0 Å². The fourth-order valence-electron chi connectivity index (χ4n) is 4.02. The third kappa shape index (κ3) is 15.3. The quantitative estimate of drug-likeness (QED) is 0.242. The summed E-state index contributed by atoms with van der Waals surface area (Å²) in [5.74, 6) is 0. The SMILES string of the molecule is CCCCCCCCCCCCCCCCCCOC(=O)Nc1cc(C)cc(C)c1. The first-order valence-electron chi connectivity index (χ1n) is 12.6. The lowest BCUT2D eigenvalue weighted by atomic mass is 10.0. The third-order valence-corrected chi connectivity index (χ3v) is 5.70. The van der Waals surface area contributed by atoms with Gasteiger partial charge in [-0.15, -0.1) is 0 Å². The van der Waals surface area contributed by atoms with Gasteiger partial charge in [-0.3, -0.25) is 5.32 Å². The predicted molar refractivity (Wildman–Crippen MR) is 130 cm³/mol. The number of nitrogens with one attached hydrogen (secondary N) is 1. The van der Waals surface area contributed by atoms with Crippen molar-refractivity contribution in [2.24, 2.45) is 0 Å². The Hall–Kier alpha value is -1.51. The van der Waals surface area contributed by atoms with Gasteiger partial charge in [0.05, 0.1) is 6.61 Å². The zero-order valence-corrected chi connectivity index (χ0v) is 20.1. The molecule has 0 aliphatic heterocycles. The average molecular weight is 418 g/mol. The van der Waals surface area contributed by atoms with Crippen LogP contribution in [0.1, 0.15) is 121 Å². The summed E-state index contributed by atoms with van der Waals surface area (Å²) in [5, 5.41) is 2.82. The zero-order chi connectivity index (χ0) is 21.9. The van der Waals surface area contributed by atoms with E-state index in [1.54, 1.807) is 0 Å². The normalized spacial score (nSPS) is 10.9. The second-order valence-electron chi connectivity index (χ2n) is 8.94.